The van der Waals surface area contributed by atoms with Gasteiger partial charge in [0, 0.05) is 30.8 Å². The topological polar surface area (TPSA) is 59.7 Å². The molecule has 0 spiro atoms. The van der Waals surface area contributed by atoms with Crippen LogP contribution in [0.1, 0.15) is 54.7 Å². The first kappa shape index (κ1) is 18.5. The maximum absolute atomic E-state index is 13.0. The number of ether oxygens (including phenoxy) is 1. The van der Waals surface area contributed by atoms with E-state index in [2.05, 4.69) is 17.1 Å². The van der Waals surface area contributed by atoms with E-state index in [0.29, 0.717) is 18.7 Å². The largest absolute Gasteiger partial charge is 0.494 e. The number of hydrogen-bond acceptors (Lipinski definition) is 4. The lowest BCUT2D eigenvalue weighted by Crippen LogP contribution is -2.39. The van der Waals surface area contributed by atoms with Crippen molar-refractivity contribution in [3.8, 4) is 5.75 Å². The first-order valence-corrected chi connectivity index (χ1v) is 10.1. The van der Waals surface area contributed by atoms with Crippen LogP contribution in [0.2, 0.25) is 0 Å². The normalized spacial score (nSPS) is 17.0. The zero-order valence-electron chi connectivity index (χ0n) is 16.3. The molecule has 1 aromatic carbocycles. The number of carbonyl (C=O) groups excluding carboxylic acids is 1. The van der Waals surface area contributed by atoms with Crippen LogP contribution in [0.4, 0.5) is 0 Å². The lowest BCUT2D eigenvalue weighted by molar-refractivity contribution is 0.0704. The summed E-state index contributed by atoms with van der Waals surface area (Å²) in [6.45, 7) is 4.30. The van der Waals surface area contributed by atoms with Gasteiger partial charge in [-0.25, -0.2) is 0 Å². The molecule has 0 N–H and O–H groups in total. The molecule has 3 heterocycles. The lowest BCUT2D eigenvalue weighted by atomic mass is 9.96. The highest BCUT2D eigenvalue weighted by Crippen LogP contribution is 2.27. The fourth-order valence-electron chi connectivity index (χ4n) is 3.72. The second-order valence-corrected chi connectivity index (χ2v) is 7.30. The number of rotatable bonds is 6. The SMILES string of the molecule is CCCCOc1ccc(C(=O)N2CCC[C@@H](c3nnc4ccccn34)C2)cc1. The minimum absolute atomic E-state index is 0.0682. The molecule has 1 aliphatic rings. The van der Waals surface area contributed by atoms with Gasteiger partial charge >= 0.3 is 0 Å². The molecule has 1 atom stereocenters. The van der Waals surface area contributed by atoms with Crippen molar-refractivity contribution in [3.63, 3.8) is 0 Å². The van der Waals surface area contributed by atoms with E-state index in [0.717, 1.165) is 49.4 Å². The molecule has 0 aliphatic carbocycles. The van der Waals surface area contributed by atoms with E-state index in [4.69, 9.17) is 4.74 Å². The van der Waals surface area contributed by atoms with E-state index >= 15 is 0 Å². The van der Waals surface area contributed by atoms with Crippen molar-refractivity contribution >= 4 is 11.6 Å². The summed E-state index contributed by atoms with van der Waals surface area (Å²) in [6, 6.07) is 13.4. The third-order valence-electron chi connectivity index (χ3n) is 5.28. The lowest BCUT2D eigenvalue weighted by Gasteiger charge is -2.32. The van der Waals surface area contributed by atoms with Crippen LogP contribution in [0, 0.1) is 0 Å². The Morgan fingerprint density at radius 2 is 2.04 bits per heavy atom. The zero-order chi connectivity index (χ0) is 19.3. The standard InChI is InChI=1S/C22H26N4O2/c1-2-3-15-28-19-11-9-17(10-12-19)22(27)25-13-6-7-18(16-25)21-24-23-20-8-4-5-14-26(20)21/h4-5,8-12,14,18H,2-3,6-7,13,15-16H2,1H3/t18-/m1/s1. The van der Waals surface area contributed by atoms with Gasteiger partial charge in [0.15, 0.2) is 5.65 Å². The van der Waals surface area contributed by atoms with Crippen LogP contribution >= 0.6 is 0 Å². The average molecular weight is 378 g/mol. The van der Waals surface area contributed by atoms with Crippen LogP contribution in [0.3, 0.4) is 0 Å². The zero-order valence-corrected chi connectivity index (χ0v) is 16.3. The van der Waals surface area contributed by atoms with Crippen LogP contribution < -0.4 is 4.74 Å². The van der Waals surface area contributed by atoms with Gasteiger partial charge in [-0.05, 0) is 55.7 Å². The van der Waals surface area contributed by atoms with Crippen molar-refractivity contribution in [2.75, 3.05) is 19.7 Å². The van der Waals surface area contributed by atoms with Crippen molar-refractivity contribution < 1.29 is 9.53 Å². The Bertz CT molecular complexity index is 935. The third kappa shape index (κ3) is 3.86. The number of pyridine rings is 1. The predicted octanol–water partition coefficient (Wildman–Crippen LogP) is 3.93. The highest BCUT2D eigenvalue weighted by atomic mass is 16.5. The molecule has 1 saturated heterocycles. The molecule has 1 aliphatic heterocycles. The van der Waals surface area contributed by atoms with E-state index in [9.17, 15) is 4.79 Å². The third-order valence-corrected chi connectivity index (χ3v) is 5.28. The van der Waals surface area contributed by atoms with Crippen molar-refractivity contribution in [1.82, 2.24) is 19.5 Å². The summed E-state index contributed by atoms with van der Waals surface area (Å²) in [6.07, 6.45) is 6.12. The summed E-state index contributed by atoms with van der Waals surface area (Å²) in [5.74, 6) is 2.02. The van der Waals surface area contributed by atoms with Gasteiger partial charge in [-0.1, -0.05) is 19.4 Å². The minimum atomic E-state index is 0.0682. The first-order valence-electron chi connectivity index (χ1n) is 10.1. The monoisotopic (exact) mass is 378 g/mol. The molecular formula is C22H26N4O2. The molecule has 146 valence electrons. The highest BCUT2D eigenvalue weighted by molar-refractivity contribution is 5.94. The van der Waals surface area contributed by atoms with Crippen molar-refractivity contribution in [1.29, 1.82) is 0 Å². The minimum Gasteiger partial charge on any atom is -0.494 e. The summed E-state index contributed by atoms with van der Waals surface area (Å²) < 4.78 is 7.72. The van der Waals surface area contributed by atoms with Crippen LogP contribution in [0.25, 0.3) is 5.65 Å². The number of unbranched alkanes of at least 4 members (excludes halogenated alkanes) is 1. The van der Waals surface area contributed by atoms with Gasteiger partial charge in [-0.3, -0.25) is 9.20 Å². The Morgan fingerprint density at radius 1 is 1.18 bits per heavy atom. The maximum atomic E-state index is 13.0. The van der Waals surface area contributed by atoms with Gasteiger partial charge in [0.25, 0.3) is 5.91 Å². The van der Waals surface area contributed by atoms with Gasteiger partial charge in [0.1, 0.15) is 11.6 Å². The van der Waals surface area contributed by atoms with Crippen LogP contribution in [0.5, 0.6) is 5.75 Å². The molecule has 3 aromatic rings. The molecule has 2 aromatic heterocycles. The Balaban J connectivity index is 1.44. The maximum Gasteiger partial charge on any atom is 0.253 e. The average Bonchev–Trinajstić information content (AvgIpc) is 3.18. The number of carbonyl (C=O) groups is 1. The summed E-state index contributed by atoms with van der Waals surface area (Å²) in [4.78, 5) is 14.9. The quantitative estimate of drug-likeness (QED) is 0.610. The second-order valence-electron chi connectivity index (χ2n) is 7.30. The van der Waals surface area contributed by atoms with Crippen LogP contribution in [-0.2, 0) is 0 Å². The second kappa shape index (κ2) is 8.42. The molecule has 4 rings (SSSR count). The molecular weight excluding hydrogens is 352 g/mol. The van der Waals surface area contributed by atoms with Gasteiger partial charge in [0.2, 0.25) is 0 Å². The van der Waals surface area contributed by atoms with Gasteiger partial charge in [-0.15, -0.1) is 10.2 Å². The van der Waals surface area contributed by atoms with E-state index < -0.39 is 0 Å². The Labute approximate surface area is 165 Å². The molecule has 0 radical (unpaired) electrons. The number of likely N-dealkylation sites (tertiary alicyclic amines) is 1. The molecule has 0 saturated carbocycles. The number of fused-ring (bicyclic) bond motifs is 1. The fourth-order valence-corrected chi connectivity index (χ4v) is 3.72. The highest BCUT2D eigenvalue weighted by Gasteiger charge is 2.28. The summed E-state index contributed by atoms with van der Waals surface area (Å²) >= 11 is 0. The molecule has 6 nitrogen and oxygen atoms in total. The predicted molar refractivity (Wildman–Crippen MR) is 108 cm³/mol. The fraction of sp³-hybridized carbons (Fsp3) is 0.409. The van der Waals surface area contributed by atoms with Crippen molar-refractivity contribution in [3.05, 3.63) is 60.0 Å². The molecule has 6 heteroatoms. The Morgan fingerprint density at radius 3 is 2.86 bits per heavy atom. The number of amides is 1. The van der Waals surface area contributed by atoms with Crippen molar-refractivity contribution in [2.45, 2.75) is 38.5 Å². The number of piperidine rings is 1. The number of benzene rings is 1. The van der Waals surface area contributed by atoms with E-state index in [1.165, 1.54) is 0 Å². The first-order chi connectivity index (χ1) is 13.8. The summed E-state index contributed by atoms with van der Waals surface area (Å²) in [5, 5.41) is 8.65. The summed E-state index contributed by atoms with van der Waals surface area (Å²) in [5.41, 5.74) is 1.55. The van der Waals surface area contributed by atoms with Gasteiger partial charge in [0.05, 0.1) is 6.61 Å². The summed E-state index contributed by atoms with van der Waals surface area (Å²) in [7, 11) is 0. The van der Waals surface area contributed by atoms with Gasteiger partial charge in [-0.2, -0.15) is 0 Å². The molecule has 0 unspecified atom stereocenters. The molecule has 0 bridgehead atoms. The molecule has 1 amide bonds. The Kier molecular flexibility index (Phi) is 5.55. The van der Waals surface area contributed by atoms with E-state index in [1.54, 1.807) is 0 Å². The van der Waals surface area contributed by atoms with Crippen molar-refractivity contribution in [2.24, 2.45) is 0 Å². The Hall–Kier alpha value is -2.89. The number of hydrogen-bond donors (Lipinski definition) is 0. The van der Waals surface area contributed by atoms with E-state index in [-0.39, 0.29) is 11.8 Å². The smallest absolute Gasteiger partial charge is 0.253 e. The number of aromatic nitrogens is 3. The molecule has 28 heavy (non-hydrogen) atoms. The van der Waals surface area contributed by atoms with Crippen LogP contribution in [-0.4, -0.2) is 45.1 Å². The number of nitrogens with zero attached hydrogens (tertiary/aromatic N) is 4. The molecule has 1 fully saturated rings. The van der Waals surface area contributed by atoms with E-state index in [1.807, 2.05) is 58.0 Å². The van der Waals surface area contributed by atoms with Gasteiger partial charge < -0.3 is 9.64 Å². The van der Waals surface area contributed by atoms with Crippen LogP contribution in [0.15, 0.2) is 48.7 Å².